The second kappa shape index (κ2) is 5.35. The molecule has 0 unspecified atom stereocenters. The van der Waals surface area contributed by atoms with Crippen LogP contribution < -0.4 is 4.90 Å². The first-order valence-corrected chi connectivity index (χ1v) is 5.26. The molecule has 0 amide bonds. The van der Waals surface area contributed by atoms with Gasteiger partial charge in [-0.3, -0.25) is 0 Å². The monoisotopic (exact) mass is 219 g/mol. The number of carbonyl (C=O) groups is 1. The average molecular weight is 219 g/mol. The maximum absolute atomic E-state index is 10.8. The predicted octanol–water partition coefficient (Wildman–Crippen LogP) is 2.63. The first kappa shape index (κ1) is 12.3. The Kier molecular flexibility index (Phi) is 4.11. The van der Waals surface area contributed by atoms with Gasteiger partial charge >= 0.3 is 5.97 Å². The summed E-state index contributed by atoms with van der Waals surface area (Å²) in [5.41, 5.74) is 2.45. The van der Waals surface area contributed by atoms with E-state index in [0.717, 1.165) is 11.3 Å². The van der Waals surface area contributed by atoms with Gasteiger partial charge in [-0.05, 0) is 30.2 Å². The number of hydrogen-bond acceptors (Lipinski definition) is 2. The lowest BCUT2D eigenvalue weighted by molar-refractivity contribution is -0.132. The molecule has 0 aliphatic rings. The standard InChI is InChI=1S/C13H17NO2/c1-4-11(13(15)16)9-10-5-7-12(8-6-10)14(2)3/h5-9H,4H2,1-3H3,(H,15,16)/b11-9+. The zero-order valence-corrected chi connectivity index (χ0v) is 9.90. The number of aliphatic carboxylic acids is 1. The average Bonchev–Trinajstić information content (AvgIpc) is 2.26. The third kappa shape index (κ3) is 3.12. The summed E-state index contributed by atoms with van der Waals surface area (Å²) in [4.78, 5) is 12.8. The minimum Gasteiger partial charge on any atom is -0.478 e. The number of carboxylic acid groups (broad SMARTS) is 1. The van der Waals surface area contributed by atoms with E-state index < -0.39 is 5.97 Å². The number of anilines is 1. The molecule has 0 saturated heterocycles. The number of hydrogen-bond donors (Lipinski definition) is 1. The molecule has 86 valence electrons. The Labute approximate surface area is 96.0 Å². The van der Waals surface area contributed by atoms with Crippen LogP contribution in [0.2, 0.25) is 0 Å². The molecule has 3 nitrogen and oxygen atoms in total. The number of carboxylic acids is 1. The van der Waals surface area contributed by atoms with Crippen molar-refractivity contribution in [3.8, 4) is 0 Å². The van der Waals surface area contributed by atoms with Gasteiger partial charge in [-0.25, -0.2) is 4.79 Å². The van der Waals surface area contributed by atoms with Gasteiger partial charge in [0.2, 0.25) is 0 Å². The van der Waals surface area contributed by atoms with Crippen molar-refractivity contribution in [1.82, 2.24) is 0 Å². The number of nitrogens with zero attached hydrogens (tertiary/aromatic N) is 1. The van der Waals surface area contributed by atoms with E-state index in [-0.39, 0.29) is 0 Å². The highest BCUT2D eigenvalue weighted by molar-refractivity contribution is 5.92. The van der Waals surface area contributed by atoms with Crippen LogP contribution >= 0.6 is 0 Å². The fourth-order valence-corrected chi connectivity index (χ4v) is 1.38. The minimum absolute atomic E-state index is 0.428. The lowest BCUT2D eigenvalue weighted by Gasteiger charge is -2.11. The topological polar surface area (TPSA) is 40.5 Å². The van der Waals surface area contributed by atoms with Gasteiger partial charge in [-0.1, -0.05) is 19.1 Å². The zero-order chi connectivity index (χ0) is 12.1. The minimum atomic E-state index is -0.848. The highest BCUT2D eigenvalue weighted by atomic mass is 16.4. The summed E-state index contributed by atoms with van der Waals surface area (Å²) >= 11 is 0. The van der Waals surface area contributed by atoms with E-state index in [4.69, 9.17) is 5.11 Å². The summed E-state index contributed by atoms with van der Waals surface area (Å²) in [6.07, 6.45) is 2.24. The molecule has 0 heterocycles. The maximum atomic E-state index is 10.8. The summed E-state index contributed by atoms with van der Waals surface area (Å²) in [5.74, 6) is -0.848. The molecule has 0 saturated carbocycles. The van der Waals surface area contributed by atoms with Crippen LogP contribution in [-0.2, 0) is 4.79 Å². The van der Waals surface area contributed by atoms with Gasteiger partial charge < -0.3 is 10.0 Å². The molecule has 0 aromatic heterocycles. The molecular formula is C13H17NO2. The molecule has 1 N–H and O–H groups in total. The van der Waals surface area contributed by atoms with E-state index >= 15 is 0 Å². The predicted molar refractivity (Wildman–Crippen MR) is 66.7 cm³/mol. The molecular weight excluding hydrogens is 202 g/mol. The van der Waals surface area contributed by atoms with Crippen molar-refractivity contribution >= 4 is 17.7 Å². The van der Waals surface area contributed by atoms with Crippen LogP contribution in [0, 0.1) is 0 Å². The SMILES string of the molecule is CC/C(=C\c1ccc(N(C)C)cc1)C(=O)O. The van der Waals surface area contributed by atoms with Gasteiger partial charge in [0.1, 0.15) is 0 Å². The van der Waals surface area contributed by atoms with E-state index in [1.807, 2.05) is 50.2 Å². The number of benzene rings is 1. The first-order chi connectivity index (χ1) is 7.54. The molecule has 1 aromatic rings. The molecule has 1 rings (SSSR count). The first-order valence-electron chi connectivity index (χ1n) is 5.26. The highest BCUT2D eigenvalue weighted by Crippen LogP contribution is 2.15. The van der Waals surface area contributed by atoms with Crippen molar-refractivity contribution in [1.29, 1.82) is 0 Å². The van der Waals surface area contributed by atoms with E-state index in [0.29, 0.717) is 12.0 Å². The van der Waals surface area contributed by atoms with Gasteiger partial charge in [0, 0.05) is 25.4 Å². The van der Waals surface area contributed by atoms with Crippen LogP contribution in [0.3, 0.4) is 0 Å². The Hall–Kier alpha value is -1.77. The summed E-state index contributed by atoms with van der Waals surface area (Å²) in [6.45, 7) is 1.84. The van der Waals surface area contributed by atoms with Crippen LogP contribution in [0.5, 0.6) is 0 Å². The molecule has 0 aliphatic heterocycles. The summed E-state index contributed by atoms with van der Waals surface area (Å²) in [5, 5.41) is 8.90. The molecule has 0 spiro atoms. The molecule has 3 heteroatoms. The van der Waals surface area contributed by atoms with Gasteiger partial charge in [0.15, 0.2) is 0 Å². The molecule has 0 radical (unpaired) electrons. The smallest absolute Gasteiger partial charge is 0.331 e. The summed E-state index contributed by atoms with van der Waals surface area (Å²) in [6, 6.07) is 7.80. The van der Waals surface area contributed by atoms with Crippen LogP contribution in [0.1, 0.15) is 18.9 Å². The summed E-state index contributed by atoms with van der Waals surface area (Å²) < 4.78 is 0. The van der Waals surface area contributed by atoms with E-state index in [1.54, 1.807) is 6.08 Å². The molecule has 16 heavy (non-hydrogen) atoms. The lowest BCUT2D eigenvalue weighted by atomic mass is 10.1. The third-order valence-corrected chi connectivity index (χ3v) is 2.41. The molecule has 0 bridgehead atoms. The zero-order valence-electron chi connectivity index (χ0n) is 9.90. The van der Waals surface area contributed by atoms with Crippen molar-refractivity contribution in [3.63, 3.8) is 0 Å². The van der Waals surface area contributed by atoms with Gasteiger partial charge in [-0.15, -0.1) is 0 Å². The van der Waals surface area contributed by atoms with Crippen molar-refractivity contribution in [2.24, 2.45) is 0 Å². The Morgan fingerprint density at radius 3 is 2.25 bits per heavy atom. The lowest BCUT2D eigenvalue weighted by Crippen LogP contribution is -2.08. The molecule has 1 aromatic carbocycles. The van der Waals surface area contributed by atoms with Gasteiger partial charge in [0.25, 0.3) is 0 Å². The van der Waals surface area contributed by atoms with Crippen LogP contribution in [0.15, 0.2) is 29.8 Å². The number of rotatable bonds is 4. The fraction of sp³-hybridized carbons (Fsp3) is 0.308. The molecule has 0 atom stereocenters. The van der Waals surface area contributed by atoms with Gasteiger partial charge in [0.05, 0.1) is 0 Å². The van der Waals surface area contributed by atoms with E-state index in [2.05, 4.69) is 0 Å². The van der Waals surface area contributed by atoms with Crippen molar-refractivity contribution in [2.75, 3.05) is 19.0 Å². The maximum Gasteiger partial charge on any atom is 0.331 e. The highest BCUT2D eigenvalue weighted by Gasteiger charge is 2.04. The van der Waals surface area contributed by atoms with Crippen LogP contribution in [0.4, 0.5) is 5.69 Å². The fourth-order valence-electron chi connectivity index (χ4n) is 1.38. The van der Waals surface area contributed by atoms with Crippen molar-refractivity contribution in [3.05, 3.63) is 35.4 Å². The second-order valence-electron chi connectivity index (χ2n) is 3.81. The van der Waals surface area contributed by atoms with Crippen molar-refractivity contribution in [2.45, 2.75) is 13.3 Å². The largest absolute Gasteiger partial charge is 0.478 e. The molecule has 0 fully saturated rings. The Morgan fingerprint density at radius 1 is 1.31 bits per heavy atom. The Morgan fingerprint density at radius 2 is 1.88 bits per heavy atom. The Bertz CT molecular complexity index is 391. The van der Waals surface area contributed by atoms with Crippen LogP contribution in [0.25, 0.3) is 6.08 Å². The van der Waals surface area contributed by atoms with Crippen molar-refractivity contribution < 1.29 is 9.90 Å². The van der Waals surface area contributed by atoms with Crippen LogP contribution in [-0.4, -0.2) is 25.2 Å². The van der Waals surface area contributed by atoms with E-state index in [1.165, 1.54) is 0 Å². The molecule has 0 aliphatic carbocycles. The quantitative estimate of drug-likeness (QED) is 0.791. The van der Waals surface area contributed by atoms with Gasteiger partial charge in [-0.2, -0.15) is 0 Å². The summed E-state index contributed by atoms with van der Waals surface area (Å²) in [7, 11) is 3.94. The normalized spacial score (nSPS) is 11.3. The Balaban J connectivity index is 2.94. The third-order valence-electron chi connectivity index (χ3n) is 2.41. The second-order valence-corrected chi connectivity index (χ2v) is 3.81. The van der Waals surface area contributed by atoms with E-state index in [9.17, 15) is 4.79 Å².